The maximum atomic E-state index is 12.1. The third-order valence-corrected chi connectivity index (χ3v) is 3.83. The van der Waals surface area contributed by atoms with Gasteiger partial charge in [-0.25, -0.2) is 0 Å². The third kappa shape index (κ3) is 9.58. The predicted molar refractivity (Wildman–Crippen MR) is 83.1 cm³/mol. The van der Waals surface area contributed by atoms with Gasteiger partial charge in [-0.3, -0.25) is 4.79 Å². The smallest absolute Gasteiger partial charge is 0.223 e. The van der Waals surface area contributed by atoms with Crippen LogP contribution in [0.3, 0.4) is 0 Å². The highest BCUT2D eigenvalue weighted by Gasteiger charge is 2.16. The van der Waals surface area contributed by atoms with Crippen LogP contribution in [0.2, 0.25) is 0 Å². The number of hydrogen-bond acceptors (Lipinski definition) is 2. The molecule has 0 aliphatic heterocycles. The fraction of sp³-hybridized carbons (Fsp3) is 0.800. The van der Waals surface area contributed by atoms with Crippen LogP contribution in [0.4, 0.5) is 0 Å². The van der Waals surface area contributed by atoms with Crippen molar-refractivity contribution in [3.8, 4) is 0 Å². The molecule has 0 rings (SSSR count). The first-order valence-electron chi connectivity index (χ1n) is 6.87. The summed E-state index contributed by atoms with van der Waals surface area (Å²) in [4.78, 5) is 14.0. The van der Waals surface area contributed by atoms with Crippen molar-refractivity contribution in [3.05, 3.63) is 12.7 Å². The minimum atomic E-state index is 0.266. The topological polar surface area (TPSA) is 20.3 Å². The van der Waals surface area contributed by atoms with Gasteiger partial charge in [0.1, 0.15) is 0 Å². The summed E-state index contributed by atoms with van der Waals surface area (Å²) in [7, 11) is 0. The Labute approximate surface area is 117 Å². The fourth-order valence-corrected chi connectivity index (χ4v) is 2.32. The van der Waals surface area contributed by atoms with Crippen LogP contribution >= 0.6 is 11.8 Å². The standard InChI is InChI=1S/C15H29NOS/c1-6-10-16(11-9-15(3,4)5)14(17)8-13-18-12-7-2/h6H,1,7-13H2,2-5H3. The molecule has 0 radical (unpaired) electrons. The van der Waals surface area contributed by atoms with Crippen molar-refractivity contribution in [2.24, 2.45) is 5.41 Å². The highest BCUT2D eigenvalue weighted by atomic mass is 32.2. The minimum Gasteiger partial charge on any atom is -0.339 e. The zero-order chi connectivity index (χ0) is 14.0. The van der Waals surface area contributed by atoms with Crippen LogP contribution in [0.25, 0.3) is 0 Å². The molecule has 18 heavy (non-hydrogen) atoms. The van der Waals surface area contributed by atoms with Crippen LogP contribution in [-0.4, -0.2) is 35.4 Å². The minimum absolute atomic E-state index is 0.266. The SMILES string of the molecule is C=CCN(CCC(C)(C)C)C(=O)CCSCCC. The molecule has 0 aromatic rings. The molecule has 3 heteroatoms. The Morgan fingerprint density at radius 3 is 2.50 bits per heavy atom. The summed E-state index contributed by atoms with van der Waals surface area (Å²) in [6.07, 6.45) is 4.69. The highest BCUT2D eigenvalue weighted by Crippen LogP contribution is 2.19. The summed E-state index contributed by atoms with van der Waals surface area (Å²) < 4.78 is 0. The van der Waals surface area contributed by atoms with Crippen molar-refractivity contribution >= 4 is 17.7 Å². The lowest BCUT2D eigenvalue weighted by molar-refractivity contribution is -0.130. The molecule has 0 heterocycles. The monoisotopic (exact) mass is 271 g/mol. The number of hydrogen-bond donors (Lipinski definition) is 0. The maximum Gasteiger partial charge on any atom is 0.223 e. The van der Waals surface area contributed by atoms with Crippen LogP contribution in [0.15, 0.2) is 12.7 Å². The Hall–Kier alpha value is -0.440. The van der Waals surface area contributed by atoms with Crippen LogP contribution in [-0.2, 0) is 4.79 Å². The van der Waals surface area contributed by atoms with E-state index in [1.165, 1.54) is 6.42 Å². The predicted octanol–water partition coefficient (Wildman–Crippen LogP) is 3.97. The van der Waals surface area contributed by atoms with E-state index >= 15 is 0 Å². The summed E-state index contributed by atoms with van der Waals surface area (Å²) in [6, 6.07) is 0. The van der Waals surface area contributed by atoms with E-state index in [1.807, 2.05) is 22.7 Å². The second-order valence-corrected chi connectivity index (χ2v) is 7.03. The molecule has 0 bridgehead atoms. The number of thioether (sulfide) groups is 1. The molecule has 0 aromatic heterocycles. The van der Waals surface area contributed by atoms with E-state index < -0.39 is 0 Å². The molecular weight excluding hydrogens is 242 g/mol. The largest absolute Gasteiger partial charge is 0.339 e. The van der Waals surface area contributed by atoms with Gasteiger partial charge in [0.05, 0.1) is 0 Å². The van der Waals surface area contributed by atoms with E-state index in [0.717, 1.165) is 24.5 Å². The zero-order valence-corrected chi connectivity index (χ0v) is 13.3. The van der Waals surface area contributed by atoms with Crippen LogP contribution in [0, 0.1) is 5.41 Å². The number of carbonyl (C=O) groups excluding carboxylic acids is 1. The van der Waals surface area contributed by atoms with E-state index in [2.05, 4.69) is 34.3 Å². The van der Waals surface area contributed by atoms with Gasteiger partial charge >= 0.3 is 0 Å². The first-order valence-corrected chi connectivity index (χ1v) is 8.02. The number of carbonyl (C=O) groups is 1. The molecule has 0 saturated heterocycles. The van der Waals surface area contributed by atoms with Gasteiger partial charge in [-0.1, -0.05) is 33.8 Å². The summed E-state index contributed by atoms with van der Waals surface area (Å²) in [6.45, 7) is 14.0. The molecule has 0 atom stereocenters. The molecule has 0 aliphatic carbocycles. The summed E-state index contributed by atoms with van der Waals surface area (Å²) in [5, 5.41) is 0. The van der Waals surface area contributed by atoms with Gasteiger partial charge in [-0.15, -0.1) is 6.58 Å². The van der Waals surface area contributed by atoms with Crippen LogP contribution in [0.5, 0.6) is 0 Å². The van der Waals surface area contributed by atoms with Gasteiger partial charge in [0.15, 0.2) is 0 Å². The quantitative estimate of drug-likeness (QED) is 0.467. The van der Waals surface area contributed by atoms with Crippen LogP contribution in [0.1, 0.15) is 47.0 Å². The first-order chi connectivity index (χ1) is 8.40. The molecule has 1 amide bonds. The fourth-order valence-electron chi connectivity index (χ4n) is 1.51. The Bertz CT molecular complexity index is 245. The molecule has 2 nitrogen and oxygen atoms in total. The second kappa shape index (κ2) is 9.48. The molecule has 106 valence electrons. The van der Waals surface area contributed by atoms with Gasteiger partial charge < -0.3 is 4.90 Å². The molecular formula is C15H29NOS. The van der Waals surface area contributed by atoms with E-state index in [9.17, 15) is 4.79 Å². The average molecular weight is 271 g/mol. The van der Waals surface area contributed by atoms with E-state index in [4.69, 9.17) is 0 Å². The van der Waals surface area contributed by atoms with E-state index in [-0.39, 0.29) is 11.3 Å². The lowest BCUT2D eigenvalue weighted by atomic mass is 9.92. The molecule has 0 aromatic carbocycles. The number of amides is 1. The van der Waals surface area contributed by atoms with Crippen molar-refractivity contribution in [3.63, 3.8) is 0 Å². The zero-order valence-electron chi connectivity index (χ0n) is 12.5. The van der Waals surface area contributed by atoms with Crippen molar-refractivity contribution < 1.29 is 4.79 Å². The van der Waals surface area contributed by atoms with Gasteiger partial charge in [0.2, 0.25) is 5.91 Å². The second-order valence-electron chi connectivity index (χ2n) is 5.80. The lowest BCUT2D eigenvalue weighted by Gasteiger charge is -2.26. The third-order valence-electron chi connectivity index (χ3n) is 2.64. The summed E-state index contributed by atoms with van der Waals surface area (Å²) >= 11 is 1.87. The van der Waals surface area contributed by atoms with Gasteiger partial charge in [0, 0.05) is 25.3 Å². The maximum absolute atomic E-state index is 12.1. The molecule has 0 fully saturated rings. The van der Waals surface area contributed by atoms with Gasteiger partial charge in [-0.05, 0) is 24.0 Å². The average Bonchev–Trinajstić information content (AvgIpc) is 2.28. The molecule has 0 aliphatic rings. The highest BCUT2D eigenvalue weighted by molar-refractivity contribution is 7.99. The molecule has 0 spiro atoms. The summed E-state index contributed by atoms with van der Waals surface area (Å²) in [5.41, 5.74) is 0.274. The molecule has 0 N–H and O–H groups in total. The molecule has 0 saturated carbocycles. The Kier molecular flexibility index (Phi) is 9.25. The normalized spacial score (nSPS) is 11.3. The number of rotatable bonds is 9. The van der Waals surface area contributed by atoms with E-state index in [0.29, 0.717) is 13.0 Å². The van der Waals surface area contributed by atoms with Crippen molar-refractivity contribution in [2.75, 3.05) is 24.6 Å². The molecule has 0 unspecified atom stereocenters. The van der Waals surface area contributed by atoms with Gasteiger partial charge in [0.25, 0.3) is 0 Å². The Morgan fingerprint density at radius 1 is 1.33 bits per heavy atom. The summed E-state index contributed by atoms with van der Waals surface area (Å²) in [5.74, 6) is 2.36. The number of nitrogens with zero attached hydrogens (tertiary/aromatic N) is 1. The van der Waals surface area contributed by atoms with Gasteiger partial charge in [-0.2, -0.15) is 11.8 Å². The first kappa shape index (κ1) is 17.6. The Balaban J connectivity index is 4.06. The Morgan fingerprint density at radius 2 is 2.00 bits per heavy atom. The van der Waals surface area contributed by atoms with Crippen molar-refractivity contribution in [2.45, 2.75) is 47.0 Å². The lowest BCUT2D eigenvalue weighted by Crippen LogP contribution is -2.34. The van der Waals surface area contributed by atoms with Crippen molar-refractivity contribution in [1.82, 2.24) is 4.90 Å². The van der Waals surface area contributed by atoms with Crippen molar-refractivity contribution in [1.29, 1.82) is 0 Å². The van der Waals surface area contributed by atoms with Crippen LogP contribution < -0.4 is 0 Å². The van der Waals surface area contributed by atoms with E-state index in [1.54, 1.807) is 0 Å².